The van der Waals surface area contributed by atoms with Crippen molar-refractivity contribution >= 4 is 11.3 Å². The van der Waals surface area contributed by atoms with Gasteiger partial charge in [-0.2, -0.15) is 11.3 Å². The van der Waals surface area contributed by atoms with Crippen molar-refractivity contribution in [3.63, 3.8) is 0 Å². The fourth-order valence-corrected chi connectivity index (χ4v) is 2.40. The summed E-state index contributed by atoms with van der Waals surface area (Å²) in [4.78, 5) is 0. The van der Waals surface area contributed by atoms with E-state index < -0.39 is 0 Å². The van der Waals surface area contributed by atoms with Gasteiger partial charge in [0.1, 0.15) is 0 Å². The second kappa shape index (κ2) is 4.43. The predicted octanol–water partition coefficient (Wildman–Crippen LogP) is 2.43. The molecule has 0 saturated carbocycles. The Hall–Kier alpha value is -0.380. The quantitative estimate of drug-likeness (QED) is 0.811. The topological polar surface area (TPSA) is 21.3 Å². The van der Waals surface area contributed by atoms with E-state index in [9.17, 15) is 0 Å². The van der Waals surface area contributed by atoms with Crippen molar-refractivity contribution in [1.82, 2.24) is 5.32 Å². The molecule has 1 N–H and O–H groups in total. The lowest BCUT2D eigenvalue weighted by Crippen LogP contribution is -2.45. The monoisotopic (exact) mass is 211 g/mol. The van der Waals surface area contributed by atoms with Crippen molar-refractivity contribution in [1.29, 1.82) is 0 Å². The number of rotatable bonds is 2. The van der Waals surface area contributed by atoms with Gasteiger partial charge in [0.25, 0.3) is 0 Å². The highest BCUT2D eigenvalue weighted by Crippen LogP contribution is 2.23. The zero-order chi connectivity index (χ0) is 9.97. The average Bonchev–Trinajstić information content (AvgIpc) is 2.71. The van der Waals surface area contributed by atoms with Gasteiger partial charge in [0.05, 0.1) is 12.7 Å². The van der Waals surface area contributed by atoms with Crippen LogP contribution in [0.4, 0.5) is 0 Å². The van der Waals surface area contributed by atoms with Crippen molar-refractivity contribution < 1.29 is 4.74 Å². The number of hydrogen-bond donors (Lipinski definition) is 1. The molecule has 14 heavy (non-hydrogen) atoms. The van der Waals surface area contributed by atoms with Crippen molar-refractivity contribution in [2.75, 3.05) is 13.2 Å². The van der Waals surface area contributed by atoms with E-state index >= 15 is 0 Å². The van der Waals surface area contributed by atoms with Gasteiger partial charge < -0.3 is 10.1 Å². The Morgan fingerprint density at radius 2 is 2.43 bits per heavy atom. The lowest BCUT2D eigenvalue weighted by atomic mass is 10.0. The van der Waals surface area contributed by atoms with Crippen LogP contribution in [0.15, 0.2) is 16.8 Å². The summed E-state index contributed by atoms with van der Waals surface area (Å²) in [5, 5.41) is 7.81. The molecule has 0 aromatic carbocycles. The third-order valence-corrected chi connectivity index (χ3v) is 3.46. The Morgan fingerprint density at radius 1 is 1.57 bits per heavy atom. The van der Waals surface area contributed by atoms with Crippen LogP contribution in [0.25, 0.3) is 0 Å². The Bertz CT molecular complexity index is 263. The predicted molar refractivity (Wildman–Crippen MR) is 59.6 cm³/mol. The van der Waals surface area contributed by atoms with Gasteiger partial charge >= 0.3 is 0 Å². The lowest BCUT2D eigenvalue weighted by Gasteiger charge is -2.32. The van der Waals surface area contributed by atoms with Gasteiger partial charge in [-0.15, -0.1) is 0 Å². The van der Waals surface area contributed by atoms with Crippen LogP contribution in [0, 0.1) is 5.92 Å². The van der Waals surface area contributed by atoms with Crippen LogP contribution in [0.1, 0.15) is 25.5 Å². The first-order chi connectivity index (χ1) is 6.77. The zero-order valence-corrected chi connectivity index (χ0v) is 9.51. The minimum atomic E-state index is 0.260. The summed E-state index contributed by atoms with van der Waals surface area (Å²) in [5.41, 5.74) is 1.31. The molecule has 1 aromatic heterocycles. The average molecular weight is 211 g/mol. The smallest absolute Gasteiger partial charge is 0.0958 e. The molecule has 78 valence electrons. The van der Waals surface area contributed by atoms with E-state index in [1.807, 2.05) is 0 Å². The second-order valence-electron chi connectivity index (χ2n) is 4.14. The molecule has 2 atom stereocenters. The Kier molecular flexibility index (Phi) is 3.21. The molecule has 2 rings (SSSR count). The molecular formula is C11H17NOS. The van der Waals surface area contributed by atoms with Crippen molar-refractivity contribution in [3.05, 3.63) is 22.4 Å². The van der Waals surface area contributed by atoms with Crippen LogP contribution in [0.5, 0.6) is 0 Å². The molecule has 0 amide bonds. The maximum absolute atomic E-state index is 5.84. The maximum Gasteiger partial charge on any atom is 0.0958 e. The van der Waals surface area contributed by atoms with Gasteiger partial charge in [0.15, 0.2) is 0 Å². The second-order valence-corrected chi connectivity index (χ2v) is 4.92. The van der Waals surface area contributed by atoms with Gasteiger partial charge in [-0.25, -0.2) is 0 Å². The van der Waals surface area contributed by atoms with Gasteiger partial charge in [0.2, 0.25) is 0 Å². The van der Waals surface area contributed by atoms with Crippen LogP contribution < -0.4 is 5.32 Å². The molecule has 0 bridgehead atoms. The molecule has 1 aliphatic heterocycles. The highest BCUT2D eigenvalue weighted by molar-refractivity contribution is 7.07. The van der Waals surface area contributed by atoms with E-state index in [1.54, 1.807) is 11.3 Å². The fourth-order valence-electron chi connectivity index (χ4n) is 1.70. The van der Waals surface area contributed by atoms with Crippen LogP contribution in [-0.4, -0.2) is 19.2 Å². The molecule has 1 aliphatic rings. The molecule has 0 spiro atoms. The lowest BCUT2D eigenvalue weighted by molar-refractivity contribution is -0.00689. The first-order valence-corrected chi connectivity index (χ1v) is 6.08. The van der Waals surface area contributed by atoms with Crippen molar-refractivity contribution in [3.8, 4) is 0 Å². The van der Waals surface area contributed by atoms with E-state index in [1.165, 1.54) is 5.56 Å². The maximum atomic E-state index is 5.84. The number of morpholine rings is 1. The van der Waals surface area contributed by atoms with Gasteiger partial charge in [-0.05, 0) is 28.3 Å². The minimum Gasteiger partial charge on any atom is -0.371 e. The number of hydrogen-bond acceptors (Lipinski definition) is 3. The summed E-state index contributed by atoms with van der Waals surface area (Å²) >= 11 is 1.73. The molecule has 0 radical (unpaired) electrons. The van der Waals surface area contributed by atoms with Crippen LogP contribution in [0.2, 0.25) is 0 Å². The normalized spacial score (nSPS) is 28.2. The van der Waals surface area contributed by atoms with Gasteiger partial charge in [-0.1, -0.05) is 13.8 Å². The Morgan fingerprint density at radius 3 is 2.93 bits per heavy atom. The molecule has 0 aliphatic carbocycles. The largest absolute Gasteiger partial charge is 0.371 e. The molecule has 2 nitrogen and oxygen atoms in total. The first-order valence-electron chi connectivity index (χ1n) is 5.14. The van der Waals surface area contributed by atoms with Crippen LogP contribution >= 0.6 is 11.3 Å². The van der Waals surface area contributed by atoms with Crippen molar-refractivity contribution in [2.24, 2.45) is 5.92 Å². The first kappa shape index (κ1) is 10.1. The molecule has 3 heteroatoms. The van der Waals surface area contributed by atoms with E-state index in [2.05, 4.69) is 36.0 Å². The summed E-state index contributed by atoms with van der Waals surface area (Å²) < 4.78 is 5.84. The van der Waals surface area contributed by atoms with E-state index in [4.69, 9.17) is 4.74 Å². The summed E-state index contributed by atoms with van der Waals surface area (Å²) in [7, 11) is 0. The number of thiophene rings is 1. The third-order valence-electron chi connectivity index (χ3n) is 2.76. The van der Waals surface area contributed by atoms with E-state index in [0.29, 0.717) is 12.0 Å². The summed E-state index contributed by atoms with van der Waals surface area (Å²) in [6.07, 6.45) is 0.260. The Labute approximate surface area is 89.3 Å². The third kappa shape index (κ3) is 2.16. The van der Waals surface area contributed by atoms with E-state index in [-0.39, 0.29) is 6.10 Å². The molecule has 2 unspecified atom stereocenters. The fraction of sp³-hybridized carbons (Fsp3) is 0.636. The van der Waals surface area contributed by atoms with Crippen LogP contribution in [-0.2, 0) is 4.74 Å². The summed E-state index contributed by atoms with van der Waals surface area (Å²) in [5.74, 6) is 0.651. The summed E-state index contributed by atoms with van der Waals surface area (Å²) in [6, 6.07) is 2.66. The molecular weight excluding hydrogens is 194 g/mol. The highest BCUT2D eigenvalue weighted by atomic mass is 32.1. The van der Waals surface area contributed by atoms with Gasteiger partial charge in [0, 0.05) is 12.6 Å². The zero-order valence-electron chi connectivity index (χ0n) is 8.69. The molecule has 1 fully saturated rings. The van der Waals surface area contributed by atoms with Crippen LogP contribution in [0.3, 0.4) is 0 Å². The molecule has 2 heterocycles. The Balaban J connectivity index is 1.90. The van der Waals surface area contributed by atoms with E-state index in [0.717, 1.165) is 13.2 Å². The SMILES string of the molecule is CC(C)C1COC(c2ccsc2)CN1. The van der Waals surface area contributed by atoms with Gasteiger partial charge in [-0.3, -0.25) is 0 Å². The minimum absolute atomic E-state index is 0.260. The summed E-state index contributed by atoms with van der Waals surface area (Å²) in [6.45, 7) is 6.23. The molecule has 1 saturated heterocycles. The number of nitrogens with one attached hydrogen (secondary N) is 1. The molecule has 1 aromatic rings. The number of ether oxygens (including phenoxy) is 1. The standard InChI is InChI=1S/C11H17NOS/c1-8(2)10-6-13-11(5-12-10)9-3-4-14-7-9/h3-4,7-8,10-12H,5-6H2,1-2H3. The van der Waals surface area contributed by atoms with Crippen molar-refractivity contribution in [2.45, 2.75) is 26.0 Å². The highest BCUT2D eigenvalue weighted by Gasteiger charge is 2.24.